The first-order valence-electron chi connectivity index (χ1n) is 9.19. The molecule has 0 aromatic carbocycles. The Labute approximate surface area is 186 Å². The molecule has 32 heavy (non-hydrogen) atoms. The normalized spacial score (nSPS) is 11.8. The first kappa shape index (κ1) is 23.7. The highest BCUT2D eigenvalue weighted by Gasteiger charge is 2.31. The fraction of sp³-hybridized carbons (Fsp3) is 0.200. The van der Waals surface area contributed by atoms with Crippen LogP contribution in [-0.2, 0) is 22.6 Å². The van der Waals surface area contributed by atoms with E-state index in [1.54, 1.807) is 36.5 Å². The quantitative estimate of drug-likeness (QED) is 0.491. The zero-order valence-corrected chi connectivity index (χ0v) is 18.0. The third-order valence-electron chi connectivity index (χ3n) is 4.15. The summed E-state index contributed by atoms with van der Waals surface area (Å²) in [5, 5.41) is 2.62. The summed E-state index contributed by atoms with van der Waals surface area (Å²) in [6.45, 7) is 0.215. The molecule has 0 saturated carbocycles. The molecule has 0 unspecified atom stereocenters. The van der Waals surface area contributed by atoms with Gasteiger partial charge in [0.05, 0.1) is 29.1 Å². The number of thioether (sulfide) groups is 1. The number of hydrogen-bond donors (Lipinski definition) is 1. The van der Waals surface area contributed by atoms with E-state index in [1.165, 1.54) is 6.20 Å². The number of halogens is 3. The van der Waals surface area contributed by atoms with E-state index >= 15 is 0 Å². The van der Waals surface area contributed by atoms with E-state index in [1.807, 2.05) is 0 Å². The van der Waals surface area contributed by atoms with Crippen molar-refractivity contribution < 1.29 is 26.4 Å². The highest BCUT2D eigenvalue weighted by atomic mass is 32.2. The van der Waals surface area contributed by atoms with Crippen molar-refractivity contribution in [2.24, 2.45) is 0 Å². The molecule has 0 aliphatic carbocycles. The number of carbonyl (C=O) groups is 1. The molecular formula is C20H17F3N4O3S2. The van der Waals surface area contributed by atoms with E-state index in [-0.39, 0.29) is 23.6 Å². The number of pyridine rings is 3. The molecule has 0 aliphatic rings. The Balaban J connectivity index is 1.61. The minimum Gasteiger partial charge on any atom is -0.346 e. The number of aromatic nitrogens is 3. The fourth-order valence-electron chi connectivity index (χ4n) is 2.53. The third-order valence-corrected chi connectivity index (χ3v) is 7.03. The van der Waals surface area contributed by atoms with Gasteiger partial charge in [-0.3, -0.25) is 9.78 Å². The first-order valence-corrected chi connectivity index (χ1v) is 11.8. The lowest BCUT2D eigenvalue weighted by Gasteiger charge is -2.10. The summed E-state index contributed by atoms with van der Waals surface area (Å²) in [5.41, 5.74) is -0.0757. The molecule has 3 heterocycles. The zero-order chi connectivity index (χ0) is 23.2. The van der Waals surface area contributed by atoms with Crippen LogP contribution in [0.3, 0.4) is 0 Å². The average molecular weight is 483 g/mol. The van der Waals surface area contributed by atoms with Gasteiger partial charge in [-0.2, -0.15) is 13.2 Å². The van der Waals surface area contributed by atoms with Crippen LogP contribution in [0.25, 0.3) is 0 Å². The maximum absolute atomic E-state index is 12.6. The molecule has 1 N–H and O–H groups in total. The average Bonchev–Trinajstić information content (AvgIpc) is 2.78. The first-order chi connectivity index (χ1) is 15.2. The third kappa shape index (κ3) is 6.26. The second-order valence-corrected chi connectivity index (χ2v) is 9.55. The van der Waals surface area contributed by atoms with Crippen LogP contribution in [0, 0.1) is 0 Å². The maximum atomic E-state index is 12.6. The summed E-state index contributed by atoms with van der Waals surface area (Å²) in [5.74, 6) is -0.747. The predicted molar refractivity (Wildman–Crippen MR) is 112 cm³/mol. The van der Waals surface area contributed by atoms with Crippen molar-refractivity contribution in [3.05, 3.63) is 77.9 Å². The molecule has 0 spiro atoms. The van der Waals surface area contributed by atoms with Crippen LogP contribution in [0.15, 0.2) is 71.1 Å². The molecule has 0 bridgehead atoms. The zero-order valence-electron chi connectivity index (χ0n) is 16.4. The molecule has 1 amide bonds. The molecule has 0 fully saturated rings. The van der Waals surface area contributed by atoms with Gasteiger partial charge in [0.25, 0.3) is 5.91 Å². The number of sulfone groups is 1. The minimum absolute atomic E-state index is 0.0303. The Morgan fingerprint density at radius 1 is 1.00 bits per heavy atom. The lowest BCUT2D eigenvalue weighted by molar-refractivity contribution is -0.137. The number of carbonyl (C=O) groups excluding carboxylic acids is 1. The molecule has 3 aromatic heterocycles. The van der Waals surface area contributed by atoms with Gasteiger partial charge in [-0.1, -0.05) is 6.07 Å². The molecule has 0 radical (unpaired) electrons. The van der Waals surface area contributed by atoms with Crippen molar-refractivity contribution in [2.75, 3.05) is 11.5 Å². The Morgan fingerprint density at radius 3 is 2.44 bits per heavy atom. The van der Waals surface area contributed by atoms with Gasteiger partial charge >= 0.3 is 6.18 Å². The molecule has 0 aliphatic heterocycles. The van der Waals surface area contributed by atoms with Gasteiger partial charge in [0, 0.05) is 24.3 Å². The van der Waals surface area contributed by atoms with E-state index in [0.29, 0.717) is 23.0 Å². The lowest BCUT2D eigenvalue weighted by Crippen LogP contribution is -2.24. The monoisotopic (exact) mass is 482 g/mol. The van der Waals surface area contributed by atoms with Gasteiger partial charge in [0.15, 0.2) is 14.9 Å². The topological polar surface area (TPSA) is 102 Å². The largest absolute Gasteiger partial charge is 0.417 e. The van der Waals surface area contributed by atoms with Crippen LogP contribution in [0.2, 0.25) is 0 Å². The van der Waals surface area contributed by atoms with Crippen LogP contribution in [0.5, 0.6) is 0 Å². The molecule has 0 saturated heterocycles. The van der Waals surface area contributed by atoms with E-state index in [0.717, 1.165) is 17.8 Å². The number of amides is 1. The van der Waals surface area contributed by atoms with Gasteiger partial charge in [-0.15, -0.1) is 11.8 Å². The maximum Gasteiger partial charge on any atom is 0.417 e. The Morgan fingerprint density at radius 2 is 1.78 bits per heavy atom. The van der Waals surface area contributed by atoms with Crippen LogP contribution < -0.4 is 5.32 Å². The lowest BCUT2D eigenvalue weighted by atomic mass is 10.2. The molecule has 3 rings (SSSR count). The van der Waals surface area contributed by atoms with Crippen molar-refractivity contribution in [1.82, 2.24) is 20.3 Å². The van der Waals surface area contributed by atoms with E-state index in [4.69, 9.17) is 0 Å². The number of alkyl halides is 3. The Kier molecular flexibility index (Phi) is 7.46. The van der Waals surface area contributed by atoms with Crippen LogP contribution in [-0.4, -0.2) is 40.8 Å². The summed E-state index contributed by atoms with van der Waals surface area (Å²) in [4.78, 5) is 24.2. The summed E-state index contributed by atoms with van der Waals surface area (Å²) in [7, 11) is -3.91. The Bertz CT molecular complexity index is 1170. The van der Waals surface area contributed by atoms with Gasteiger partial charge in [0.2, 0.25) is 0 Å². The van der Waals surface area contributed by atoms with E-state index in [2.05, 4.69) is 20.3 Å². The molecule has 168 valence electrons. The summed E-state index contributed by atoms with van der Waals surface area (Å²) in [6.07, 6.45) is -1.02. The van der Waals surface area contributed by atoms with Crippen LogP contribution in [0.4, 0.5) is 13.2 Å². The molecule has 3 aromatic rings. The molecule has 12 heteroatoms. The highest BCUT2D eigenvalue weighted by Crippen LogP contribution is 2.29. The van der Waals surface area contributed by atoms with Crippen molar-refractivity contribution in [2.45, 2.75) is 22.8 Å². The van der Waals surface area contributed by atoms with Crippen LogP contribution in [0.1, 0.15) is 21.6 Å². The summed E-state index contributed by atoms with van der Waals surface area (Å²) >= 11 is 1.05. The van der Waals surface area contributed by atoms with Crippen molar-refractivity contribution in [3.63, 3.8) is 0 Å². The molecule has 0 atom stereocenters. The van der Waals surface area contributed by atoms with E-state index in [9.17, 15) is 26.4 Å². The molecule has 7 nitrogen and oxygen atoms in total. The fourth-order valence-corrected chi connectivity index (χ4v) is 5.09. The predicted octanol–water partition coefficient (Wildman–Crippen LogP) is 3.39. The van der Waals surface area contributed by atoms with Gasteiger partial charge in [-0.25, -0.2) is 18.4 Å². The van der Waals surface area contributed by atoms with Crippen molar-refractivity contribution in [3.8, 4) is 0 Å². The standard InChI is InChI=1S/C20H17F3N4O3S2/c21-20(22,23)14-6-7-17(26-12-14)32(29,30)11-10-31-19-16(5-3-9-25-19)18(28)27-13-15-4-1-2-8-24-15/h1-9,12H,10-11,13H2,(H,27,28). The number of nitrogens with one attached hydrogen (secondary N) is 1. The second kappa shape index (κ2) is 10.1. The number of nitrogens with zero attached hydrogens (tertiary/aromatic N) is 3. The highest BCUT2D eigenvalue weighted by molar-refractivity contribution is 8.00. The van der Waals surface area contributed by atoms with E-state index < -0.39 is 32.5 Å². The summed E-state index contributed by atoms with van der Waals surface area (Å²) in [6, 6.07) is 9.98. The smallest absolute Gasteiger partial charge is 0.346 e. The van der Waals surface area contributed by atoms with Gasteiger partial charge in [0.1, 0.15) is 5.03 Å². The number of rotatable bonds is 8. The summed E-state index contributed by atoms with van der Waals surface area (Å²) < 4.78 is 62.7. The number of hydrogen-bond acceptors (Lipinski definition) is 7. The van der Waals surface area contributed by atoms with Gasteiger partial charge in [-0.05, 0) is 36.4 Å². The Hall–Kier alpha value is -2.99. The van der Waals surface area contributed by atoms with Crippen molar-refractivity contribution in [1.29, 1.82) is 0 Å². The molecular weight excluding hydrogens is 465 g/mol. The minimum atomic E-state index is -4.60. The second-order valence-electron chi connectivity index (χ2n) is 6.41. The van der Waals surface area contributed by atoms with Gasteiger partial charge < -0.3 is 5.32 Å². The SMILES string of the molecule is O=C(NCc1ccccn1)c1cccnc1SCCS(=O)(=O)c1ccc(C(F)(F)F)cn1. The van der Waals surface area contributed by atoms with Crippen molar-refractivity contribution >= 4 is 27.5 Å². The van der Waals surface area contributed by atoms with Crippen LogP contribution >= 0.6 is 11.8 Å².